The molecule has 5 heterocycles. The van der Waals surface area contributed by atoms with E-state index in [0.29, 0.717) is 5.92 Å². The van der Waals surface area contributed by atoms with Crippen LogP contribution < -0.4 is 5.32 Å². The van der Waals surface area contributed by atoms with Gasteiger partial charge in [0, 0.05) is 36.0 Å². The molecule has 33 heavy (non-hydrogen) atoms. The topological polar surface area (TPSA) is 84.6 Å². The highest BCUT2D eigenvalue weighted by atomic mass is 32.1. The number of nitrogens with one attached hydrogen (secondary N) is 1. The van der Waals surface area contributed by atoms with E-state index in [0.717, 1.165) is 57.6 Å². The Morgan fingerprint density at radius 1 is 0.970 bits per heavy atom. The van der Waals surface area contributed by atoms with E-state index in [1.54, 1.807) is 11.3 Å². The molecule has 0 amide bonds. The summed E-state index contributed by atoms with van der Waals surface area (Å²) >= 11 is 1.64. The number of rotatable bonds is 8. The highest BCUT2D eigenvalue weighted by Gasteiger charge is 2.21. The molecule has 170 valence electrons. The van der Waals surface area contributed by atoms with Gasteiger partial charge < -0.3 is 10.2 Å². The second-order valence-electron chi connectivity index (χ2n) is 9.05. The average molecular weight is 461 g/mol. The van der Waals surface area contributed by atoms with Crippen molar-refractivity contribution in [1.82, 2.24) is 34.8 Å². The molecule has 0 bridgehead atoms. The number of anilines is 2. The van der Waals surface area contributed by atoms with Gasteiger partial charge in [0.05, 0.1) is 17.2 Å². The number of fused-ring (bicyclic) bond motifs is 1. The van der Waals surface area contributed by atoms with Crippen LogP contribution in [0.2, 0.25) is 0 Å². The van der Waals surface area contributed by atoms with E-state index in [9.17, 15) is 0 Å². The van der Waals surface area contributed by atoms with E-state index in [-0.39, 0.29) is 0 Å². The second kappa shape index (κ2) is 9.15. The van der Waals surface area contributed by atoms with Crippen LogP contribution in [0.3, 0.4) is 0 Å². The average Bonchev–Trinajstić information content (AvgIpc) is 3.57. The molecule has 1 aliphatic carbocycles. The summed E-state index contributed by atoms with van der Waals surface area (Å²) in [5, 5.41) is 18.6. The molecular formula is C24H28N8S. The summed E-state index contributed by atoms with van der Waals surface area (Å²) in [5.74, 6) is 1.34. The number of nitrogens with zero attached hydrogens (tertiary/aromatic N) is 7. The molecule has 2 fully saturated rings. The van der Waals surface area contributed by atoms with Crippen molar-refractivity contribution >= 4 is 33.3 Å². The Hall–Kier alpha value is -2.91. The minimum absolute atomic E-state index is 0.575. The van der Waals surface area contributed by atoms with Gasteiger partial charge in [0.1, 0.15) is 10.8 Å². The lowest BCUT2D eigenvalue weighted by Crippen LogP contribution is -2.38. The molecule has 0 spiro atoms. The van der Waals surface area contributed by atoms with E-state index in [1.165, 1.54) is 45.2 Å². The van der Waals surface area contributed by atoms with Crippen LogP contribution in [0.1, 0.15) is 49.5 Å². The second-order valence-corrected chi connectivity index (χ2v) is 10.1. The molecule has 4 aromatic rings. The Balaban J connectivity index is 1.15. The molecule has 0 atom stereocenters. The standard InChI is InChI=1S/C24H28N8S/c1-2-6-17(5-1)23-29-30-24(33-23)28-22-8-7-20-21(27-22)13-18(14-25-20)19-15-26-32(16-19)12-4-11-31-9-3-10-31/h7-8,13-17H,1-6,9-12H2,(H,27,28,30). The first-order chi connectivity index (χ1) is 16.3. The molecule has 1 saturated carbocycles. The summed E-state index contributed by atoms with van der Waals surface area (Å²) in [7, 11) is 0. The van der Waals surface area contributed by atoms with Gasteiger partial charge in [-0.25, -0.2) is 4.98 Å². The van der Waals surface area contributed by atoms with Crippen molar-refractivity contribution in [3.05, 3.63) is 41.8 Å². The number of hydrogen-bond acceptors (Lipinski definition) is 8. The van der Waals surface area contributed by atoms with Gasteiger partial charge in [-0.2, -0.15) is 5.10 Å². The molecule has 0 aromatic carbocycles. The van der Waals surface area contributed by atoms with Gasteiger partial charge in [-0.3, -0.25) is 9.67 Å². The van der Waals surface area contributed by atoms with Crippen molar-refractivity contribution < 1.29 is 0 Å². The lowest BCUT2D eigenvalue weighted by Gasteiger charge is -2.30. The van der Waals surface area contributed by atoms with Crippen molar-refractivity contribution in [2.75, 3.05) is 25.0 Å². The largest absolute Gasteiger partial charge is 0.315 e. The van der Waals surface area contributed by atoms with Crippen LogP contribution in [-0.2, 0) is 6.54 Å². The van der Waals surface area contributed by atoms with Crippen LogP contribution >= 0.6 is 11.3 Å². The number of likely N-dealkylation sites (tertiary alicyclic amines) is 1. The SMILES string of the molecule is c1nc2ccc(Nc3nnc(C4CCCC4)s3)nc2cc1-c1cnn(CCCN2CCC2)c1. The normalized spacial score (nSPS) is 17.0. The molecular weight excluding hydrogens is 432 g/mol. The first-order valence-corrected chi connectivity index (χ1v) is 12.7. The smallest absolute Gasteiger partial charge is 0.211 e. The van der Waals surface area contributed by atoms with Gasteiger partial charge in [0.15, 0.2) is 0 Å². The number of aromatic nitrogens is 6. The quantitative estimate of drug-likeness (QED) is 0.403. The van der Waals surface area contributed by atoms with Crippen LogP contribution in [0.4, 0.5) is 10.9 Å². The molecule has 2 aliphatic rings. The molecule has 1 N–H and O–H groups in total. The summed E-state index contributed by atoms with van der Waals surface area (Å²) in [5.41, 5.74) is 3.82. The lowest BCUT2D eigenvalue weighted by molar-refractivity contribution is 0.176. The van der Waals surface area contributed by atoms with Crippen molar-refractivity contribution in [1.29, 1.82) is 0 Å². The summed E-state index contributed by atoms with van der Waals surface area (Å²) < 4.78 is 2.03. The van der Waals surface area contributed by atoms with E-state index < -0.39 is 0 Å². The van der Waals surface area contributed by atoms with Crippen molar-refractivity contribution in [2.24, 2.45) is 0 Å². The summed E-state index contributed by atoms with van der Waals surface area (Å²) in [6.45, 7) is 4.59. The van der Waals surface area contributed by atoms with Gasteiger partial charge in [0.2, 0.25) is 5.13 Å². The first kappa shape index (κ1) is 20.7. The van der Waals surface area contributed by atoms with E-state index in [2.05, 4.69) is 42.8 Å². The number of aryl methyl sites for hydroxylation is 1. The highest BCUT2D eigenvalue weighted by Crippen LogP contribution is 2.37. The monoisotopic (exact) mass is 460 g/mol. The molecule has 0 radical (unpaired) electrons. The number of pyridine rings is 2. The van der Waals surface area contributed by atoms with Crippen LogP contribution in [0, 0.1) is 0 Å². The molecule has 9 heteroatoms. The number of hydrogen-bond donors (Lipinski definition) is 1. The maximum atomic E-state index is 4.79. The maximum absolute atomic E-state index is 4.79. The van der Waals surface area contributed by atoms with Gasteiger partial charge in [-0.1, -0.05) is 24.2 Å². The maximum Gasteiger partial charge on any atom is 0.211 e. The summed E-state index contributed by atoms with van der Waals surface area (Å²) in [6.07, 6.45) is 13.4. The fourth-order valence-corrected chi connectivity index (χ4v) is 5.58. The van der Waals surface area contributed by atoms with Gasteiger partial charge in [0.25, 0.3) is 0 Å². The predicted octanol–water partition coefficient (Wildman–Crippen LogP) is 4.84. The molecule has 8 nitrogen and oxygen atoms in total. The van der Waals surface area contributed by atoms with Gasteiger partial charge in [-0.15, -0.1) is 10.2 Å². The van der Waals surface area contributed by atoms with Crippen LogP contribution in [0.15, 0.2) is 36.8 Å². The highest BCUT2D eigenvalue weighted by molar-refractivity contribution is 7.15. The van der Waals surface area contributed by atoms with E-state index in [1.807, 2.05) is 29.2 Å². The molecule has 4 aromatic heterocycles. The Morgan fingerprint density at radius 2 is 1.88 bits per heavy atom. The third-order valence-corrected chi connectivity index (χ3v) is 7.70. The zero-order chi connectivity index (χ0) is 22.0. The summed E-state index contributed by atoms with van der Waals surface area (Å²) in [4.78, 5) is 11.9. The fraction of sp³-hybridized carbons (Fsp3) is 0.458. The van der Waals surface area contributed by atoms with Crippen molar-refractivity contribution in [3.8, 4) is 11.1 Å². The van der Waals surface area contributed by atoms with Gasteiger partial charge in [-0.05, 0) is 63.5 Å². The molecule has 6 rings (SSSR count). The Morgan fingerprint density at radius 3 is 2.73 bits per heavy atom. The molecule has 1 aliphatic heterocycles. The van der Waals surface area contributed by atoms with Crippen LogP contribution in [-0.4, -0.2) is 54.5 Å². The van der Waals surface area contributed by atoms with Crippen LogP contribution in [0.5, 0.6) is 0 Å². The zero-order valence-corrected chi connectivity index (χ0v) is 19.5. The molecule has 0 unspecified atom stereocenters. The van der Waals surface area contributed by atoms with Gasteiger partial charge >= 0.3 is 0 Å². The Kier molecular flexibility index (Phi) is 5.73. The third-order valence-electron chi connectivity index (χ3n) is 6.69. The predicted molar refractivity (Wildman–Crippen MR) is 131 cm³/mol. The Labute approximate surface area is 197 Å². The van der Waals surface area contributed by atoms with Crippen molar-refractivity contribution in [3.63, 3.8) is 0 Å². The minimum Gasteiger partial charge on any atom is -0.315 e. The fourth-order valence-electron chi connectivity index (χ4n) is 4.66. The Bertz CT molecular complexity index is 1240. The lowest BCUT2D eigenvalue weighted by atomic mass is 10.1. The molecule has 1 saturated heterocycles. The van der Waals surface area contributed by atoms with Crippen molar-refractivity contribution in [2.45, 2.75) is 51.0 Å². The minimum atomic E-state index is 0.575. The summed E-state index contributed by atoms with van der Waals surface area (Å²) in [6, 6.07) is 6.02. The van der Waals surface area contributed by atoms with E-state index in [4.69, 9.17) is 4.98 Å². The van der Waals surface area contributed by atoms with E-state index >= 15 is 0 Å². The van der Waals surface area contributed by atoms with Crippen LogP contribution in [0.25, 0.3) is 22.2 Å². The third kappa shape index (κ3) is 4.60. The first-order valence-electron chi connectivity index (χ1n) is 11.9. The zero-order valence-electron chi connectivity index (χ0n) is 18.7.